The minimum absolute atomic E-state index is 0.225. The SMILES string of the molecule is CN=S(C)(=N)c1ccc(-c2ccc(-c3nc4cc(O[C@@H]5CO[C@H]6[C@@H]5OC[C@H]6O)[nH]c4cc3F)cc2)cc1. The van der Waals surface area contributed by atoms with Gasteiger partial charge in [-0.25, -0.2) is 9.37 Å². The highest BCUT2D eigenvalue weighted by Gasteiger charge is 2.48. The molecule has 37 heavy (non-hydrogen) atoms. The van der Waals surface area contributed by atoms with E-state index in [0.29, 0.717) is 29.1 Å². The van der Waals surface area contributed by atoms with Gasteiger partial charge >= 0.3 is 0 Å². The van der Waals surface area contributed by atoms with E-state index in [1.807, 2.05) is 54.8 Å². The first-order valence-electron chi connectivity index (χ1n) is 11.9. The van der Waals surface area contributed by atoms with Crippen LogP contribution in [-0.4, -0.2) is 66.0 Å². The van der Waals surface area contributed by atoms with Gasteiger partial charge in [0, 0.05) is 35.9 Å². The Bertz CT molecular complexity index is 1580. The van der Waals surface area contributed by atoms with Gasteiger partial charge in [-0.3, -0.25) is 9.14 Å². The smallest absolute Gasteiger partial charge is 0.193 e. The summed E-state index contributed by atoms with van der Waals surface area (Å²) in [5, 5.41) is 9.92. The monoisotopic (exact) mass is 522 g/mol. The molecule has 2 aromatic heterocycles. The molecular weight excluding hydrogens is 495 g/mol. The van der Waals surface area contributed by atoms with Crippen LogP contribution in [0.1, 0.15) is 0 Å². The fraction of sp³-hybridized carbons (Fsp3) is 0.296. The van der Waals surface area contributed by atoms with Crippen molar-refractivity contribution in [3.8, 4) is 28.3 Å². The van der Waals surface area contributed by atoms with Gasteiger partial charge in [0.25, 0.3) is 0 Å². The maximum atomic E-state index is 15.0. The van der Waals surface area contributed by atoms with E-state index >= 15 is 4.39 Å². The number of halogens is 1. The van der Waals surface area contributed by atoms with Gasteiger partial charge in [-0.2, -0.15) is 0 Å². The predicted octanol–water partition coefficient (Wildman–Crippen LogP) is 4.66. The summed E-state index contributed by atoms with van der Waals surface area (Å²) >= 11 is 0. The number of hydrogen-bond acceptors (Lipinski definition) is 7. The van der Waals surface area contributed by atoms with Crippen LogP contribution < -0.4 is 4.74 Å². The number of rotatable bonds is 5. The van der Waals surface area contributed by atoms with E-state index in [0.717, 1.165) is 16.0 Å². The van der Waals surface area contributed by atoms with Crippen molar-refractivity contribution in [2.75, 3.05) is 26.5 Å². The number of aromatic amines is 1. The number of pyridine rings is 1. The normalized spacial score (nSPS) is 24.6. The van der Waals surface area contributed by atoms with E-state index in [1.165, 1.54) is 6.07 Å². The zero-order valence-electron chi connectivity index (χ0n) is 20.3. The van der Waals surface area contributed by atoms with Gasteiger partial charge in [-0.05, 0) is 32.9 Å². The van der Waals surface area contributed by atoms with Crippen LogP contribution in [0.3, 0.4) is 0 Å². The van der Waals surface area contributed by atoms with E-state index < -0.39 is 21.5 Å². The molecule has 0 saturated carbocycles. The molecule has 2 saturated heterocycles. The van der Waals surface area contributed by atoms with Crippen LogP contribution in [0, 0.1) is 10.6 Å². The number of aliphatic hydroxyl groups excluding tert-OH is 1. The van der Waals surface area contributed by atoms with E-state index in [2.05, 4.69) is 14.3 Å². The lowest BCUT2D eigenvalue weighted by Crippen LogP contribution is -2.34. The molecule has 2 aliphatic heterocycles. The summed E-state index contributed by atoms with van der Waals surface area (Å²) in [6, 6.07) is 18.6. The Balaban J connectivity index is 1.23. The van der Waals surface area contributed by atoms with Crippen molar-refractivity contribution in [1.82, 2.24) is 9.97 Å². The molecule has 4 heterocycles. The molecule has 1 unspecified atom stereocenters. The number of H-pyrrole nitrogens is 1. The standard InChI is InChI=1S/C27H27FN4O4S/c1-30-37(2,29)18-9-7-16(8-10-18)15-3-5-17(6-4-15)25-19(28)11-20-21(32-25)12-24(31-20)36-23-14-35-26-22(33)13-34-27(23)26/h3-12,22-23,26-27,29,31,33H,13-14H2,1-2H3/t22-,23-,26-,27-,37?/m1/s1. The Hall–Kier alpha value is -3.31. The second-order valence-electron chi connectivity index (χ2n) is 9.36. The third-order valence-electron chi connectivity index (χ3n) is 6.96. The van der Waals surface area contributed by atoms with Gasteiger partial charge in [-0.1, -0.05) is 36.4 Å². The van der Waals surface area contributed by atoms with Gasteiger partial charge in [0.05, 0.1) is 24.2 Å². The molecule has 0 bridgehead atoms. The molecule has 0 aliphatic carbocycles. The van der Waals surface area contributed by atoms with Crippen molar-refractivity contribution in [3.63, 3.8) is 0 Å². The molecule has 0 amide bonds. The number of fused-ring (bicyclic) bond motifs is 2. The van der Waals surface area contributed by atoms with Crippen molar-refractivity contribution in [2.24, 2.45) is 4.36 Å². The zero-order chi connectivity index (χ0) is 25.7. The van der Waals surface area contributed by atoms with Gasteiger partial charge in [0.1, 0.15) is 24.0 Å². The number of nitrogens with zero attached hydrogens (tertiary/aromatic N) is 2. The number of benzene rings is 2. The zero-order valence-corrected chi connectivity index (χ0v) is 21.2. The van der Waals surface area contributed by atoms with Crippen molar-refractivity contribution < 1.29 is 23.7 Å². The van der Waals surface area contributed by atoms with Gasteiger partial charge in [0.15, 0.2) is 17.8 Å². The molecule has 8 nitrogen and oxygen atoms in total. The van der Waals surface area contributed by atoms with Crippen LogP contribution in [0.2, 0.25) is 0 Å². The number of nitrogens with one attached hydrogen (secondary N) is 2. The Morgan fingerprint density at radius 3 is 2.38 bits per heavy atom. The van der Waals surface area contributed by atoms with Gasteiger partial charge in [0.2, 0.25) is 0 Å². The van der Waals surface area contributed by atoms with Crippen LogP contribution in [-0.2, 0) is 19.1 Å². The van der Waals surface area contributed by atoms with E-state index in [9.17, 15) is 5.11 Å². The lowest BCUT2D eigenvalue weighted by molar-refractivity contribution is 0.00794. The van der Waals surface area contributed by atoms with Gasteiger partial charge in [-0.15, -0.1) is 0 Å². The minimum Gasteiger partial charge on any atom is -0.470 e. The number of aliphatic hydroxyl groups is 1. The molecule has 2 fully saturated rings. The fourth-order valence-electron chi connectivity index (χ4n) is 4.82. The highest BCUT2D eigenvalue weighted by atomic mass is 32.2. The van der Waals surface area contributed by atoms with Crippen LogP contribution in [0.25, 0.3) is 33.4 Å². The summed E-state index contributed by atoms with van der Waals surface area (Å²) < 4.78 is 44.8. The maximum Gasteiger partial charge on any atom is 0.193 e. The number of hydrogen-bond donors (Lipinski definition) is 3. The maximum absolute atomic E-state index is 15.0. The second kappa shape index (κ2) is 9.21. The average molecular weight is 523 g/mol. The lowest BCUT2D eigenvalue weighted by atomic mass is 10.0. The molecule has 192 valence electrons. The Labute approximate surface area is 214 Å². The van der Waals surface area contributed by atoms with Gasteiger partial charge < -0.3 is 24.3 Å². The summed E-state index contributed by atoms with van der Waals surface area (Å²) in [5.74, 6) is 0.00380. The van der Waals surface area contributed by atoms with E-state index in [4.69, 9.17) is 19.0 Å². The number of ether oxygens (including phenoxy) is 3. The third kappa shape index (κ3) is 4.40. The lowest BCUT2D eigenvalue weighted by Gasteiger charge is -2.16. The largest absolute Gasteiger partial charge is 0.470 e. The third-order valence-corrected chi connectivity index (χ3v) is 8.88. The molecule has 0 spiro atoms. The summed E-state index contributed by atoms with van der Waals surface area (Å²) in [6.07, 6.45) is 0.0953. The first kappa shape index (κ1) is 24.1. The van der Waals surface area contributed by atoms with Crippen molar-refractivity contribution in [1.29, 1.82) is 4.78 Å². The van der Waals surface area contributed by atoms with E-state index in [1.54, 1.807) is 13.1 Å². The topological polar surface area (TPSA) is 113 Å². The predicted molar refractivity (Wildman–Crippen MR) is 139 cm³/mol. The molecule has 4 aromatic rings. The second-order valence-corrected chi connectivity index (χ2v) is 12.0. The average Bonchev–Trinajstić information content (AvgIpc) is 3.60. The summed E-state index contributed by atoms with van der Waals surface area (Å²) in [4.78, 5) is 8.52. The molecule has 3 N–H and O–H groups in total. The molecule has 2 aliphatic rings. The molecular formula is C27H27FN4O4S. The van der Waals surface area contributed by atoms with Crippen molar-refractivity contribution in [3.05, 3.63) is 66.5 Å². The molecule has 2 aromatic carbocycles. The van der Waals surface area contributed by atoms with Crippen LogP contribution in [0.4, 0.5) is 4.39 Å². The Morgan fingerprint density at radius 1 is 1.03 bits per heavy atom. The summed E-state index contributed by atoms with van der Waals surface area (Å²) in [6.45, 7) is 0.532. The summed E-state index contributed by atoms with van der Waals surface area (Å²) in [5.41, 5.74) is 4.02. The quantitative estimate of drug-likeness (QED) is 0.353. The molecule has 6 rings (SSSR count). The first-order chi connectivity index (χ1) is 17.8. The fourth-order valence-corrected chi connectivity index (χ4v) is 5.70. The van der Waals surface area contributed by atoms with Crippen LogP contribution in [0.15, 0.2) is 69.9 Å². The van der Waals surface area contributed by atoms with Crippen molar-refractivity contribution in [2.45, 2.75) is 29.3 Å². The molecule has 0 radical (unpaired) electrons. The highest BCUT2D eigenvalue weighted by molar-refractivity contribution is 7.94. The van der Waals surface area contributed by atoms with E-state index in [-0.39, 0.29) is 30.6 Å². The summed E-state index contributed by atoms with van der Waals surface area (Å²) in [7, 11) is -0.205. The Kier molecular flexibility index (Phi) is 5.99. The Morgan fingerprint density at radius 2 is 1.68 bits per heavy atom. The van der Waals surface area contributed by atoms with Crippen molar-refractivity contribution >= 4 is 20.7 Å². The first-order valence-corrected chi connectivity index (χ1v) is 13.9. The van der Waals surface area contributed by atoms with Crippen LogP contribution >= 0.6 is 0 Å². The number of aromatic nitrogens is 2. The molecule has 10 heteroatoms. The molecule has 5 atom stereocenters. The minimum atomic E-state index is -1.88. The highest BCUT2D eigenvalue weighted by Crippen LogP contribution is 2.32. The van der Waals surface area contributed by atoms with Crippen LogP contribution in [0.5, 0.6) is 5.88 Å².